The lowest BCUT2D eigenvalue weighted by Gasteiger charge is -2.20. The zero-order valence-corrected chi connectivity index (χ0v) is 12.6. The maximum Gasteiger partial charge on any atom is 0.237 e. The van der Waals surface area contributed by atoms with Crippen LogP contribution in [0.5, 0.6) is 0 Å². The van der Waals surface area contributed by atoms with E-state index < -0.39 is 33.9 Å². The minimum atomic E-state index is -3.15. The van der Waals surface area contributed by atoms with Gasteiger partial charge in [0.15, 0.2) is 0 Å². The van der Waals surface area contributed by atoms with Gasteiger partial charge in [0, 0.05) is 12.7 Å². The Balaban J connectivity index is 2.00. The molecule has 0 aromatic heterocycles. The van der Waals surface area contributed by atoms with E-state index in [1.165, 1.54) is 0 Å². The number of rotatable bonds is 5. The fourth-order valence-electron chi connectivity index (χ4n) is 2.48. The second-order valence-electron chi connectivity index (χ2n) is 5.48. The lowest BCUT2D eigenvalue weighted by molar-refractivity contribution is -0.123. The first-order valence-electron chi connectivity index (χ1n) is 6.77. The van der Waals surface area contributed by atoms with Crippen LogP contribution < -0.4 is 11.1 Å². The molecule has 1 aromatic rings. The molecule has 4 N–H and O–H groups in total. The number of carbonyl (C=O) groups excluding carboxylic acids is 1. The Morgan fingerprint density at radius 3 is 2.81 bits per heavy atom. The summed E-state index contributed by atoms with van der Waals surface area (Å²) in [7, 11) is -3.15. The lowest BCUT2D eigenvalue weighted by atomic mass is 10.1. The monoisotopic (exact) mass is 312 g/mol. The first-order chi connectivity index (χ1) is 9.78. The Labute approximate surface area is 124 Å². The van der Waals surface area contributed by atoms with Crippen molar-refractivity contribution in [3.05, 3.63) is 35.4 Å². The number of aliphatic hydroxyl groups is 1. The average molecular weight is 312 g/mol. The summed E-state index contributed by atoms with van der Waals surface area (Å²) < 4.78 is 22.2. The highest BCUT2D eigenvalue weighted by Crippen LogP contribution is 2.31. The van der Waals surface area contributed by atoms with Gasteiger partial charge in [-0.15, -0.1) is 0 Å². The van der Waals surface area contributed by atoms with Crippen LogP contribution in [0.15, 0.2) is 24.3 Å². The van der Waals surface area contributed by atoms with Crippen LogP contribution in [0.3, 0.4) is 0 Å². The van der Waals surface area contributed by atoms with Crippen molar-refractivity contribution in [2.24, 2.45) is 5.73 Å². The molecular weight excluding hydrogens is 292 g/mol. The number of amides is 1. The summed E-state index contributed by atoms with van der Waals surface area (Å²) in [6.45, 7) is 0. The van der Waals surface area contributed by atoms with Gasteiger partial charge in [-0.1, -0.05) is 24.3 Å². The molecule has 1 aliphatic rings. The van der Waals surface area contributed by atoms with E-state index in [-0.39, 0.29) is 12.2 Å². The standard InChI is InChI=1S/C14H20N2O4S/c1-21(19,20)7-6-11(15)14(18)16-13-10-5-3-2-4-9(10)8-12(13)17/h2-5,11-13,17H,6-8,15H2,1H3,(H,16,18)/t11?,12-,13+/m0/s1. The quantitative estimate of drug-likeness (QED) is 0.680. The van der Waals surface area contributed by atoms with Crippen molar-refractivity contribution in [1.82, 2.24) is 5.32 Å². The summed E-state index contributed by atoms with van der Waals surface area (Å²) in [6.07, 6.45) is 0.970. The number of sulfone groups is 1. The van der Waals surface area contributed by atoms with E-state index in [1.54, 1.807) is 0 Å². The van der Waals surface area contributed by atoms with E-state index in [4.69, 9.17) is 5.73 Å². The zero-order chi connectivity index (χ0) is 15.6. The van der Waals surface area contributed by atoms with Crippen LogP contribution in [0.2, 0.25) is 0 Å². The maximum absolute atomic E-state index is 12.0. The second kappa shape index (κ2) is 6.13. The highest BCUT2D eigenvalue weighted by molar-refractivity contribution is 7.90. The number of nitrogens with two attached hydrogens (primary N) is 1. The minimum Gasteiger partial charge on any atom is -0.390 e. The number of benzene rings is 1. The molecule has 0 saturated heterocycles. The summed E-state index contributed by atoms with van der Waals surface area (Å²) in [5, 5.41) is 12.8. The van der Waals surface area contributed by atoms with E-state index in [0.29, 0.717) is 6.42 Å². The lowest BCUT2D eigenvalue weighted by Crippen LogP contribution is -2.45. The zero-order valence-electron chi connectivity index (χ0n) is 11.8. The van der Waals surface area contributed by atoms with E-state index in [0.717, 1.165) is 17.4 Å². The van der Waals surface area contributed by atoms with Crippen molar-refractivity contribution in [2.45, 2.75) is 31.0 Å². The summed E-state index contributed by atoms with van der Waals surface area (Å²) >= 11 is 0. The van der Waals surface area contributed by atoms with Gasteiger partial charge in [0.05, 0.1) is 23.9 Å². The van der Waals surface area contributed by atoms with Crippen molar-refractivity contribution >= 4 is 15.7 Å². The summed E-state index contributed by atoms with van der Waals surface area (Å²) in [5.41, 5.74) is 7.59. The number of carbonyl (C=O) groups is 1. The highest BCUT2D eigenvalue weighted by Gasteiger charge is 2.32. The van der Waals surface area contributed by atoms with E-state index in [9.17, 15) is 18.3 Å². The van der Waals surface area contributed by atoms with Gasteiger partial charge in [0.2, 0.25) is 5.91 Å². The molecule has 0 heterocycles. The van der Waals surface area contributed by atoms with Crippen LogP contribution in [0.4, 0.5) is 0 Å². The smallest absolute Gasteiger partial charge is 0.237 e. The normalized spacial score (nSPS) is 22.6. The number of fused-ring (bicyclic) bond motifs is 1. The number of hydrogen-bond acceptors (Lipinski definition) is 5. The van der Waals surface area contributed by atoms with Crippen LogP contribution in [0, 0.1) is 0 Å². The largest absolute Gasteiger partial charge is 0.390 e. The fraction of sp³-hybridized carbons (Fsp3) is 0.500. The van der Waals surface area contributed by atoms with E-state index in [1.807, 2.05) is 24.3 Å². The number of hydrogen-bond donors (Lipinski definition) is 3. The Hall–Kier alpha value is -1.44. The molecule has 6 nitrogen and oxygen atoms in total. The average Bonchev–Trinajstić information content (AvgIpc) is 2.71. The molecule has 0 spiro atoms. The third-order valence-corrected chi connectivity index (χ3v) is 4.62. The Morgan fingerprint density at radius 2 is 2.14 bits per heavy atom. The van der Waals surface area contributed by atoms with Gasteiger partial charge in [0.25, 0.3) is 0 Å². The molecule has 21 heavy (non-hydrogen) atoms. The summed E-state index contributed by atoms with van der Waals surface area (Å²) in [5.74, 6) is -0.579. The minimum absolute atomic E-state index is 0.0646. The van der Waals surface area contributed by atoms with Gasteiger partial charge >= 0.3 is 0 Å². The van der Waals surface area contributed by atoms with Gasteiger partial charge in [-0.25, -0.2) is 8.42 Å². The van der Waals surface area contributed by atoms with Crippen LogP contribution in [0.25, 0.3) is 0 Å². The molecule has 0 fully saturated rings. The van der Waals surface area contributed by atoms with Crippen molar-refractivity contribution in [2.75, 3.05) is 12.0 Å². The maximum atomic E-state index is 12.0. The SMILES string of the molecule is CS(=O)(=O)CCC(N)C(=O)N[C@@H]1c2ccccc2C[C@@H]1O. The van der Waals surface area contributed by atoms with Gasteiger partial charge in [0.1, 0.15) is 9.84 Å². The van der Waals surface area contributed by atoms with Gasteiger partial charge in [-0.05, 0) is 17.5 Å². The molecule has 1 aromatic carbocycles. The van der Waals surface area contributed by atoms with Gasteiger partial charge in [-0.3, -0.25) is 4.79 Å². The number of aliphatic hydroxyl groups excluding tert-OH is 1. The fourth-order valence-corrected chi connectivity index (χ4v) is 3.16. The molecule has 0 aliphatic heterocycles. The molecule has 0 bridgehead atoms. The van der Waals surface area contributed by atoms with Crippen molar-refractivity contribution in [1.29, 1.82) is 0 Å². The predicted octanol–water partition coefficient (Wildman–Crippen LogP) is -0.477. The molecule has 1 unspecified atom stereocenters. The summed E-state index contributed by atoms with van der Waals surface area (Å²) in [4.78, 5) is 12.0. The molecule has 116 valence electrons. The topological polar surface area (TPSA) is 109 Å². The molecule has 0 radical (unpaired) electrons. The first-order valence-corrected chi connectivity index (χ1v) is 8.83. The highest BCUT2D eigenvalue weighted by atomic mass is 32.2. The molecular formula is C14H20N2O4S. The van der Waals surface area contributed by atoms with Crippen molar-refractivity contribution < 1.29 is 18.3 Å². The van der Waals surface area contributed by atoms with Crippen LogP contribution >= 0.6 is 0 Å². The van der Waals surface area contributed by atoms with E-state index in [2.05, 4.69) is 5.32 Å². The molecule has 0 saturated carbocycles. The summed E-state index contributed by atoms with van der Waals surface area (Å²) in [6, 6.07) is 6.11. The Morgan fingerprint density at radius 1 is 1.48 bits per heavy atom. The van der Waals surface area contributed by atoms with Crippen LogP contribution in [0.1, 0.15) is 23.6 Å². The van der Waals surface area contributed by atoms with Crippen LogP contribution in [-0.2, 0) is 21.1 Å². The Kier molecular flexibility index (Phi) is 4.65. The number of nitrogens with one attached hydrogen (secondary N) is 1. The Bertz CT molecular complexity index is 630. The molecule has 1 amide bonds. The second-order valence-corrected chi connectivity index (χ2v) is 7.74. The third kappa shape index (κ3) is 4.03. The third-order valence-electron chi connectivity index (χ3n) is 3.64. The van der Waals surface area contributed by atoms with Crippen molar-refractivity contribution in [3.8, 4) is 0 Å². The van der Waals surface area contributed by atoms with Gasteiger partial charge < -0.3 is 16.2 Å². The molecule has 2 rings (SSSR count). The van der Waals surface area contributed by atoms with Crippen LogP contribution in [-0.4, -0.2) is 43.6 Å². The van der Waals surface area contributed by atoms with Gasteiger partial charge in [-0.2, -0.15) is 0 Å². The molecule has 3 atom stereocenters. The van der Waals surface area contributed by atoms with Crippen molar-refractivity contribution in [3.63, 3.8) is 0 Å². The van der Waals surface area contributed by atoms with E-state index >= 15 is 0 Å². The predicted molar refractivity (Wildman–Crippen MR) is 79.3 cm³/mol. The molecule has 1 aliphatic carbocycles. The first kappa shape index (κ1) is 15.9. The molecule has 7 heteroatoms.